The van der Waals surface area contributed by atoms with Gasteiger partial charge in [-0.2, -0.15) is 0 Å². The summed E-state index contributed by atoms with van der Waals surface area (Å²) in [6.07, 6.45) is -4.88. The van der Waals surface area contributed by atoms with Crippen molar-refractivity contribution in [1.82, 2.24) is 10.0 Å². The smallest absolute Gasteiger partial charge is 0.493 e. The van der Waals surface area contributed by atoms with Crippen LogP contribution in [0.5, 0.6) is 17.2 Å². The van der Waals surface area contributed by atoms with Gasteiger partial charge in [0.15, 0.2) is 11.5 Å². The number of methoxy groups -OCH3 is 2. The average Bonchev–Trinajstić information content (AvgIpc) is 2.69. The molecule has 0 aliphatic carbocycles. The summed E-state index contributed by atoms with van der Waals surface area (Å²) in [4.78, 5) is 11.6. The average molecular weight is 448 g/mol. The summed E-state index contributed by atoms with van der Waals surface area (Å²) < 4.78 is 76.8. The third kappa shape index (κ3) is 6.81. The molecule has 2 aromatic rings. The second-order valence-corrected chi connectivity index (χ2v) is 7.58. The van der Waals surface area contributed by atoms with E-state index in [9.17, 15) is 26.4 Å². The van der Waals surface area contributed by atoms with E-state index in [1.807, 2.05) is 0 Å². The monoisotopic (exact) mass is 448 g/mol. The zero-order chi connectivity index (χ0) is 22.4. The summed E-state index contributed by atoms with van der Waals surface area (Å²) in [5.41, 5.74) is 0.698. The lowest BCUT2D eigenvalue weighted by Gasteiger charge is -2.11. The van der Waals surface area contributed by atoms with E-state index in [4.69, 9.17) is 9.47 Å². The molecule has 164 valence electrons. The van der Waals surface area contributed by atoms with Crippen LogP contribution < -0.4 is 24.2 Å². The van der Waals surface area contributed by atoms with Crippen LogP contribution in [-0.2, 0) is 21.4 Å². The molecule has 0 bridgehead atoms. The third-order valence-electron chi connectivity index (χ3n) is 3.73. The molecule has 2 N–H and O–H groups in total. The van der Waals surface area contributed by atoms with Crippen LogP contribution in [0.2, 0.25) is 0 Å². The molecule has 0 atom stereocenters. The summed E-state index contributed by atoms with van der Waals surface area (Å²) in [6, 6.07) is 8.62. The fraction of sp³-hybridized carbons (Fsp3) is 0.278. The lowest BCUT2D eigenvalue weighted by molar-refractivity contribution is -0.274. The fourth-order valence-electron chi connectivity index (χ4n) is 2.32. The zero-order valence-electron chi connectivity index (χ0n) is 15.9. The number of nitrogens with one attached hydrogen (secondary N) is 2. The van der Waals surface area contributed by atoms with Gasteiger partial charge in [-0.3, -0.25) is 4.79 Å². The standard InChI is InChI=1S/C18H19F3N2O6S/c1-27-15-8-3-12(9-16(15)28-2)10-22-17(24)11-23-30(25,26)14-6-4-13(5-7-14)29-18(19,20)21/h3-9,23H,10-11H2,1-2H3,(H,22,24). The predicted octanol–water partition coefficient (Wildman–Crippen LogP) is 2.20. The van der Waals surface area contributed by atoms with Gasteiger partial charge in [-0.25, -0.2) is 13.1 Å². The van der Waals surface area contributed by atoms with Gasteiger partial charge in [-0.15, -0.1) is 13.2 Å². The molecule has 8 nitrogen and oxygen atoms in total. The van der Waals surface area contributed by atoms with Crippen molar-refractivity contribution in [1.29, 1.82) is 0 Å². The lowest BCUT2D eigenvalue weighted by atomic mass is 10.2. The number of hydrogen-bond donors (Lipinski definition) is 2. The van der Waals surface area contributed by atoms with Crippen molar-refractivity contribution in [3.8, 4) is 17.2 Å². The maximum atomic E-state index is 12.2. The minimum atomic E-state index is -4.88. The Balaban J connectivity index is 1.90. The van der Waals surface area contributed by atoms with E-state index in [0.717, 1.165) is 24.3 Å². The molecule has 1 amide bonds. The highest BCUT2D eigenvalue weighted by molar-refractivity contribution is 7.89. The molecule has 0 aromatic heterocycles. The molecule has 0 unspecified atom stereocenters. The highest BCUT2D eigenvalue weighted by Crippen LogP contribution is 2.27. The molecule has 0 aliphatic heterocycles. The highest BCUT2D eigenvalue weighted by Gasteiger charge is 2.31. The second kappa shape index (κ2) is 9.67. The first-order valence-corrected chi connectivity index (χ1v) is 9.85. The lowest BCUT2D eigenvalue weighted by Crippen LogP contribution is -2.36. The largest absolute Gasteiger partial charge is 0.573 e. The molecule has 0 fully saturated rings. The molecule has 0 radical (unpaired) electrons. The molecule has 0 saturated heterocycles. The van der Waals surface area contributed by atoms with E-state index < -0.39 is 34.6 Å². The topological polar surface area (TPSA) is 103 Å². The number of benzene rings is 2. The normalized spacial score (nSPS) is 11.6. The van der Waals surface area contributed by atoms with Crippen molar-refractivity contribution in [2.75, 3.05) is 20.8 Å². The maximum absolute atomic E-state index is 12.2. The predicted molar refractivity (Wildman–Crippen MR) is 99.7 cm³/mol. The van der Waals surface area contributed by atoms with Crippen molar-refractivity contribution < 1.29 is 40.6 Å². The number of amides is 1. The number of ether oxygens (including phenoxy) is 3. The molecule has 2 rings (SSSR count). The van der Waals surface area contributed by atoms with Gasteiger partial charge in [0.05, 0.1) is 25.7 Å². The molecule has 0 heterocycles. The number of sulfonamides is 1. The molecule has 30 heavy (non-hydrogen) atoms. The van der Waals surface area contributed by atoms with Crippen LogP contribution in [0, 0.1) is 0 Å². The van der Waals surface area contributed by atoms with Crippen LogP contribution in [0.1, 0.15) is 5.56 Å². The van der Waals surface area contributed by atoms with Crippen molar-refractivity contribution in [3.05, 3.63) is 48.0 Å². The van der Waals surface area contributed by atoms with E-state index in [2.05, 4.69) is 14.8 Å². The molecular weight excluding hydrogens is 429 g/mol. The summed E-state index contributed by atoms with van der Waals surface area (Å²) in [7, 11) is -1.15. The number of rotatable bonds is 9. The van der Waals surface area contributed by atoms with Gasteiger partial charge < -0.3 is 19.5 Å². The molecule has 0 aliphatic rings. The number of halogens is 3. The van der Waals surface area contributed by atoms with Crippen molar-refractivity contribution >= 4 is 15.9 Å². The number of carbonyl (C=O) groups is 1. The van der Waals surface area contributed by atoms with Crippen LogP contribution >= 0.6 is 0 Å². The van der Waals surface area contributed by atoms with Crippen LogP contribution in [0.15, 0.2) is 47.4 Å². The van der Waals surface area contributed by atoms with Gasteiger partial charge in [0.2, 0.25) is 15.9 Å². The van der Waals surface area contributed by atoms with Crippen LogP contribution in [0.4, 0.5) is 13.2 Å². The minimum absolute atomic E-state index is 0.115. The summed E-state index contributed by atoms with van der Waals surface area (Å²) in [6.45, 7) is -0.444. The van der Waals surface area contributed by atoms with Gasteiger partial charge in [-0.1, -0.05) is 6.07 Å². The zero-order valence-corrected chi connectivity index (χ0v) is 16.8. The first kappa shape index (κ1) is 23.3. The van der Waals surface area contributed by atoms with E-state index in [1.165, 1.54) is 14.2 Å². The van der Waals surface area contributed by atoms with Crippen molar-refractivity contribution in [3.63, 3.8) is 0 Å². The molecule has 2 aromatic carbocycles. The number of hydrogen-bond acceptors (Lipinski definition) is 6. The highest BCUT2D eigenvalue weighted by atomic mass is 32.2. The van der Waals surface area contributed by atoms with Crippen LogP contribution in [0.25, 0.3) is 0 Å². The van der Waals surface area contributed by atoms with E-state index in [1.54, 1.807) is 18.2 Å². The van der Waals surface area contributed by atoms with Gasteiger partial charge in [-0.05, 0) is 42.0 Å². The molecule has 0 saturated carbocycles. The van der Waals surface area contributed by atoms with Crippen molar-refractivity contribution in [2.45, 2.75) is 17.8 Å². The Morgan fingerprint density at radius 2 is 1.63 bits per heavy atom. The van der Waals surface area contributed by atoms with E-state index in [-0.39, 0.29) is 11.4 Å². The van der Waals surface area contributed by atoms with E-state index in [0.29, 0.717) is 17.1 Å². The van der Waals surface area contributed by atoms with Gasteiger partial charge in [0, 0.05) is 6.54 Å². The fourth-order valence-corrected chi connectivity index (χ4v) is 3.30. The molecular formula is C18H19F3N2O6S. The summed E-state index contributed by atoms with van der Waals surface area (Å²) >= 11 is 0. The molecule has 12 heteroatoms. The number of carbonyl (C=O) groups excluding carboxylic acids is 1. The summed E-state index contributed by atoms with van der Waals surface area (Å²) in [5, 5.41) is 2.54. The Kier molecular flexibility index (Phi) is 7.51. The summed E-state index contributed by atoms with van der Waals surface area (Å²) in [5.74, 6) is -0.172. The first-order valence-electron chi connectivity index (χ1n) is 8.37. The Morgan fingerprint density at radius 3 is 2.20 bits per heavy atom. The van der Waals surface area contributed by atoms with Gasteiger partial charge in [0.1, 0.15) is 5.75 Å². The van der Waals surface area contributed by atoms with Crippen LogP contribution in [-0.4, -0.2) is 41.5 Å². The van der Waals surface area contributed by atoms with Gasteiger partial charge in [0.25, 0.3) is 0 Å². The molecule has 0 spiro atoms. The Bertz CT molecular complexity index is 978. The first-order chi connectivity index (χ1) is 14.0. The van der Waals surface area contributed by atoms with Crippen molar-refractivity contribution in [2.24, 2.45) is 0 Å². The minimum Gasteiger partial charge on any atom is -0.493 e. The van der Waals surface area contributed by atoms with E-state index >= 15 is 0 Å². The quantitative estimate of drug-likeness (QED) is 0.610. The SMILES string of the molecule is COc1ccc(CNC(=O)CNS(=O)(=O)c2ccc(OC(F)(F)F)cc2)cc1OC. The Morgan fingerprint density at radius 1 is 1.00 bits per heavy atom. The van der Waals surface area contributed by atoms with Crippen LogP contribution in [0.3, 0.4) is 0 Å². The Labute approximate surface area is 171 Å². The van der Waals surface area contributed by atoms with Gasteiger partial charge >= 0.3 is 6.36 Å². The maximum Gasteiger partial charge on any atom is 0.573 e. The Hall–Kier alpha value is -2.99. The number of alkyl halides is 3. The third-order valence-corrected chi connectivity index (χ3v) is 5.15. The second-order valence-electron chi connectivity index (χ2n) is 5.81.